The third-order valence-electron chi connectivity index (χ3n) is 5.79. The van der Waals surface area contributed by atoms with Crippen LogP contribution < -0.4 is 4.72 Å². The van der Waals surface area contributed by atoms with E-state index in [9.17, 15) is 8.42 Å². The molecule has 126 valence electrons. The van der Waals surface area contributed by atoms with E-state index in [0.29, 0.717) is 24.4 Å². The quantitative estimate of drug-likeness (QED) is 0.832. The van der Waals surface area contributed by atoms with E-state index in [-0.39, 0.29) is 5.41 Å². The van der Waals surface area contributed by atoms with Gasteiger partial charge in [-0.1, -0.05) is 27.2 Å². The van der Waals surface area contributed by atoms with Gasteiger partial charge < -0.3 is 4.52 Å². The minimum Gasteiger partial charge on any atom is -0.354 e. The second-order valence-corrected chi connectivity index (χ2v) is 10.7. The van der Waals surface area contributed by atoms with E-state index in [2.05, 4.69) is 37.9 Å². The highest BCUT2D eigenvalue weighted by Crippen LogP contribution is 2.58. The normalized spacial score (nSPS) is 21.9. The van der Waals surface area contributed by atoms with Gasteiger partial charge in [-0.25, -0.2) is 8.42 Å². The Balaban J connectivity index is 1.62. The minimum atomic E-state index is -3.43. The Kier molecular flexibility index (Phi) is 2.76. The number of rotatable bonds is 3. The van der Waals surface area contributed by atoms with Gasteiger partial charge >= 0.3 is 0 Å². The summed E-state index contributed by atoms with van der Waals surface area (Å²) in [5.74, 6) is 1.07. The lowest BCUT2D eigenvalue weighted by atomic mass is 9.79. The molecule has 0 atom stereocenters. The molecule has 2 saturated carbocycles. The van der Waals surface area contributed by atoms with Crippen molar-refractivity contribution in [2.45, 2.75) is 49.2 Å². The lowest BCUT2D eigenvalue weighted by Gasteiger charge is -2.24. The highest BCUT2D eigenvalue weighted by molar-refractivity contribution is 9.10. The number of hydrogen-bond acceptors (Lipinski definition) is 4. The van der Waals surface area contributed by atoms with Gasteiger partial charge in [-0.3, -0.25) is 4.72 Å². The maximum Gasteiger partial charge on any atom is 0.239 e. The summed E-state index contributed by atoms with van der Waals surface area (Å²) >= 11 is 3.52. The summed E-state index contributed by atoms with van der Waals surface area (Å²) in [6.45, 7) is 1.77. The van der Waals surface area contributed by atoms with Gasteiger partial charge in [0.25, 0.3) is 0 Å². The molecular weight excluding hydrogens is 392 g/mol. The van der Waals surface area contributed by atoms with Crippen LogP contribution in [0.25, 0.3) is 11.3 Å². The fourth-order valence-corrected chi connectivity index (χ4v) is 5.32. The Morgan fingerprint density at radius 1 is 1.25 bits per heavy atom. The Morgan fingerprint density at radius 2 is 2.00 bits per heavy atom. The van der Waals surface area contributed by atoms with E-state index >= 15 is 0 Å². The van der Waals surface area contributed by atoms with Crippen LogP contribution in [0.2, 0.25) is 0 Å². The molecule has 2 aromatic rings. The van der Waals surface area contributed by atoms with Crippen molar-refractivity contribution in [3.05, 3.63) is 33.8 Å². The van der Waals surface area contributed by atoms with E-state index < -0.39 is 14.8 Å². The number of nitrogens with one attached hydrogen (secondary N) is 1. The summed E-state index contributed by atoms with van der Waals surface area (Å²) in [6, 6.07) is 6.24. The van der Waals surface area contributed by atoms with E-state index in [4.69, 9.17) is 4.52 Å². The molecule has 5 nitrogen and oxygen atoms in total. The molecule has 0 saturated heterocycles. The molecule has 0 amide bonds. The highest BCUT2D eigenvalue weighted by Gasteiger charge is 2.53. The third-order valence-corrected chi connectivity index (χ3v) is 8.45. The maximum absolute atomic E-state index is 12.5. The van der Waals surface area contributed by atoms with Gasteiger partial charge in [0.15, 0.2) is 11.6 Å². The Morgan fingerprint density at radius 3 is 2.67 bits per heavy atom. The predicted octanol–water partition coefficient (Wildman–Crippen LogP) is 3.99. The molecule has 3 aliphatic carbocycles. The van der Waals surface area contributed by atoms with Crippen LogP contribution in [-0.2, 0) is 21.9 Å². The van der Waals surface area contributed by atoms with Gasteiger partial charge in [-0.05, 0) is 56.7 Å². The van der Waals surface area contributed by atoms with Crippen LogP contribution in [0.4, 0.5) is 5.82 Å². The highest BCUT2D eigenvalue weighted by atomic mass is 79.9. The van der Waals surface area contributed by atoms with E-state index in [1.807, 2.05) is 6.07 Å². The number of sulfonamides is 1. The van der Waals surface area contributed by atoms with Crippen LogP contribution >= 0.6 is 15.9 Å². The predicted molar refractivity (Wildman–Crippen MR) is 94.4 cm³/mol. The summed E-state index contributed by atoms with van der Waals surface area (Å²) in [5.41, 5.74) is 3.33. The lowest BCUT2D eigenvalue weighted by Crippen LogP contribution is -2.28. The molecule has 1 aromatic carbocycles. The van der Waals surface area contributed by atoms with Crippen molar-refractivity contribution >= 4 is 31.8 Å². The first kappa shape index (κ1) is 15.0. The van der Waals surface area contributed by atoms with E-state index in [0.717, 1.165) is 34.9 Å². The average Bonchev–Trinajstić information content (AvgIpc) is 3.42. The fourth-order valence-electron chi connectivity index (χ4n) is 3.66. The lowest BCUT2D eigenvalue weighted by molar-refractivity contribution is 0.431. The number of anilines is 1. The standard InChI is InChI=1S/C17H17BrN2O3S/c1-16(4-5-16)24(21,22)20-15-12-9-17(6-7-17)13-3-2-10(18)8-11(13)14(12)23-19-15/h2-3,8H,4-7,9H2,1H3,(H,19,20). The third kappa shape index (κ3) is 1.97. The number of halogens is 1. The van der Waals surface area contributed by atoms with Crippen LogP contribution in [0.15, 0.2) is 27.2 Å². The molecule has 1 N–H and O–H groups in total. The molecule has 2 fully saturated rings. The van der Waals surface area contributed by atoms with Crippen molar-refractivity contribution in [1.82, 2.24) is 5.16 Å². The topological polar surface area (TPSA) is 72.2 Å². The van der Waals surface area contributed by atoms with Crippen molar-refractivity contribution in [2.75, 3.05) is 4.72 Å². The summed E-state index contributed by atoms with van der Waals surface area (Å²) in [7, 11) is -3.43. The molecule has 24 heavy (non-hydrogen) atoms. The zero-order chi connectivity index (χ0) is 16.7. The monoisotopic (exact) mass is 408 g/mol. The van der Waals surface area contributed by atoms with Crippen LogP contribution in [0, 0.1) is 0 Å². The maximum atomic E-state index is 12.5. The smallest absolute Gasteiger partial charge is 0.239 e. The molecule has 7 heteroatoms. The van der Waals surface area contributed by atoms with Crippen LogP contribution in [0.1, 0.15) is 43.7 Å². The molecule has 3 aliphatic rings. The molecule has 0 aliphatic heterocycles. The second kappa shape index (κ2) is 4.43. The molecule has 5 rings (SSSR count). The van der Waals surface area contributed by atoms with Crippen molar-refractivity contribution in [3.8, 4) is 11.3 Å². The first-order valence-corrected chi connectivity index (χ1v) is 10.4. The van der Waals surface area contributed by atoms with Crippen LogP contribution in [0.5, 0.6) is 0 Å². The Bertz CT molecular complexity index is 972. The van der Waals surface area contributed by atoms with Gasteiger partial charge in [-0.15, -0.1) is 0 Å². The van der Waals surface area contributed by atoms with Crippen molar-refractivity contribution in [1.29, 1.82) is 0 Å². The second-order valence-electron chi connectivity index (χ2n) is 7.54. The first-order chi connectivity index (χ1) is 11.3. The summed E-state index contributed by atoms with van der Waals surface area (Å²) < 4.78 is 33.7. The SMILES string of the molecule is CC1(S(=O)(=O)Nc2noc3c2CC2(CC2)c2ccc(Br)cc2-3)CC1. The number of benzene rings is 1. The number of fused-ring (bicyclic) bond motifs is 4. The van der Waals surface area contributed by atoms with Gasteiger partial charge in [-0.2, -0.15) is 0 Å². The van der Waals surface area contributed by atoms with Crippen LogP contribution in [-0.4, -0.2) is 18.3 Å². The van der Waals surface area contributed by atoms with Crippen molar-refractivity contribution < 1.29 is 12.9 Å². The molecule has 0 bridgehead atoms. The van der Waals surface area contributed by atoms with Crippen molar-refractivity contribution in [3.63, 3.8) is 0 Å². The Labute approximate surface area is 149 Å². The molecule has 1 spiro atoms. The molecule has 0 radical (unpaired) electrons. The summed E-state index contributed by atoms with van der Waals surface area (Å²) in [5, 5.41) is 4.07. The van der Waals surface area contributed by atoms with E-state index in [1.165, 1.54) is 5.56 Å². The van der Waals surface area contributed by atoms with Gasteiger partial charge in [0.05, 0.1) is 4.75 Å². The molecule has 1 aromatic heterocycles. The Hall–Kier alpha value is -1.34. The zero-order valence-electron chi connectivity index (χ0n) is 13.2. The number of aromatic nitrogens is 1. The molecule has 1 heterocycles. The van der Waals surface area contributed by atoms with E-state index in [1.54, 1.807) is 6.92 Å². The van der Waals surface area contributed by atoms with Gasteiger partial charge in [0, 0.05) is 21.0 Å². The fraction of sp³-hybridized carbons (Fsp3) is 0.471. The first-order valence-electron chi connectivity index (χ1n) is 8.15. The average molecular weight is 409 g/mol. The van der Waals surface area contributed by atoms with Crippen molar-refractivity contribution in [2.24, 2.45) is 0 Å². The largest absolute Gasteiger partial charge is 0.354 e. The molecular formula is C17H17BrN2O3S. The summed E-state index contributed by atoms with van der Waals surface area (Å²) in [4.78, 5) is 0. The summed E-state index contributed by atoms with van der Waals surface area (Å²) in [6.07, 6.45) is 4.42. The number of nitrogens with zero attached hydrogens (tertiary/aromatic N) is 1. The van der Waals surface area contributed by atoms with Gasteiger partial charge in [0.1, 0.15) is 0 Å². The van der Waals surface area contributed by atoms with Crippen LogP contribution in [0.3, 0.4) is 0 Å². The zero-order valence-corrected chi connectivity index (χ0v) is 15.6. The minimum absolute atomic E-state index is 0.123. The molecule has 0 unspecified atom stereocenters. The number of hydrogen-bond donors (Lipinski definition) is 1. The van der Waals surface area contributed by atoms with Gasteiger partial charge in [0.2, 0.25) is 10.0 Å².